The minimum Gasteiger partial charge on any atom is -0.395 e. The van der Waals surface area contributed by atoms with Crippen LogP contribution >= 0.6 is 0 Å². The molecule has 1 aliphatic carbocycles. The van der Waals surface area contributed by atoms with E-state index in [1.54, 1.807) is 30.3 Å². The number of halogens is 2. The van der Waals surface area contributed by atoms with Gasteiger partial charge in [0.1, 0.15) is 12.4 Å². The van der Waals surface area contributed by atoms with Crippen molar-refractivity contribution in [2.45, 2.75) is 31.5 Å². The van der Waals surface area contributed by atoms with Gasteiger partial charge >= 0.3 is 6.29 Å². The zero-order valence-corrected chi connectivity index (χ0v) is 21.1. The average Bonchev–Trinajstić information content (AvgIpc) is 3.66. The van der Waals surface area contributed by atoms with Crippen LogP contribution in [0.1, 0.15) is 34.3 Å². The Morgan fingerprint density at radius 1 is 1.10 bits per heavy atom. The van der Waals surface area contributed by atoms with Gasteiger partial charge in [-0.25, -0.2) is 4.98 Å². The molecule has 0 saturated heterocycles. The number of hydrogen-bond donors (Lipinski definition) is 2. The molecular formula is C29H25F2N3O5. The highest BCUT2D eigenvalue weighted by Crippen LogP contribution is 2.52. The van der Waals surface area contributed by atoms with E-state index in [0.29, 0.717) is 54.2 Å². The van der Waals surface area contributed by atoms with Crippen LogP contribution in [-0.4, -0.2) is 42.9 Å². The molecule has 200 valence electrons. The fraction of sp³-hybridized carbons (Fsp3) is 0.276. The number of carbonyl (C=O) groups is 2. The van der Waals surface area contributed by atoms with Gasteiger partial charge < -0.3 is 24.8 Å². The van der Waals surface area contributed by atoms with Gasteiger partial charge in [-0.2, -0.15) is 0 Å². The van der Waals surface area contributed by atoms with Crippen molar-refractivity contribution >= 4 is 17.6 Å². The van der Waals surface area contributed by atoms with Crippen LogP contribution in [0.25, 0.3) is 11.3 Å². The molecule has 0 unspecified atom stereocenters. The maximum atomic E-state index is 13.4. The highest BCUT2D eigenvalue weighted by atomic mass is 19.3. The second kappa shape index (κ2) is 10.3. The summed E-state index contributed by atoms with van der Waals surface area (Å²) in [5.74, 6) is 1.97. The first-order valence-corrected chi connectivity index (χ1v) is 12.3. The van der Waals surface area contributed by atoms with Crippen molar-refractivity contribution in [2.24, 2.45) is 0 Å². The van der Waals surface area contributed by atoms with Crippen molar-refractivity contribution < 1.29 is 32.6 Å². The molecule has 1 aromatic heterocycles. The van der Waals surface area contributed by atoms with Crippen LogP contribution in [0, 0.1) is 19.3 Å². The molecule has 0 atom stereocenters. The Hall–Kier alpha value is -4.49. The summed E-state index contributed by atoms with van der Waals surface area (Å²) in [4.78, 5) is 30.5. The zero-order chi connectivity index (χ0) is 27.6. The normalized spacial score (nSPS) is 15.7. The van der Waals surface area contributed by atoms with Crippen LogP contribution in [0.4, 0.5) is 14.6 Å². The summed E-state index contributed by atoms with van der Waals surface area (Å²) in [6.45, 7) is 2.68. The zero-order valence-electron chi connectivity index (χ0n) is 21.1. The predicted octanol–water partition coefficient (Wildman–Crippen LogP) is 4.43. The molecule has 10 heteroatoms. The van der Waals surface area contributed by atoms with Gasteiger partial charge in [0.2, 0.25) is 5.91 Å². The van der Waals surface area contributed by atoms with Gasteiger partial charge in [0.15, 0.2) is 11.5 Å². The Balaban J connectivity index is 1.30. The summed E-state index contributed by atoms with van der Waals surface area (Å²) in [6, 6.07) is 14.9. The highest BCUT2D eigenvalue weighted by molar-refractivity contribution is 6.01. The van der Waals surface area contributed by atoms with E-state index in [-0.39, 0.29) is 29.9 Å². The number of nitrogens with zero attached hydrogens (tertiary/aromatic N) is 1. The summed E-state index contributed by atoms with van der Waals surface area (Å²) in [7, 11) is 0. The lowest BCUT2D eigenvalue weighted by Gasteiger charge is -2.17. The van der Waals surface area contributed by atoms with E-state index in [9.17, 15) is 18.4 Å². The second-order valence-electron chi connectivity index (χ2n) is 9.32. The van der Waals surface area contributed by atoms with Gasteiger partial charge in [0.05, 0.1) is 17.7 Å². The van der Waals surface area contributed by atoms with E-state index in [2.05, 4.69) is 31.0 Å². The van der Waals surface area contributed by atoms with Crippen LogP contribution < -0.4 is 20.1 Å². The minimum atomic E-state index is -3.73. The molecule has 2 aliphatic rings. The molecule has 2 N–H and O–H groups in total. The molecule has 1 fully saturated rings. The first-order valence-electron chi connectivity index (χ1n) is 12.3. The number of fused-ring (bicyclic) bond motifs is 1. The largest absolute Gasteiger partial charge is 0.586 e. The third-order valence-electron chi connectivity index (χ3n) is 6.59. The summed E-state index contributed by atoms with van der Waals surface area (Å²) in [6.07, 6.45) is 2.52. The van der Waals surface area contributed by atoms with E-state index in [0.717, 1.165) is 5.56 Å². The summed E-state index contributed by atoms with van der Waals surface area (Å²) in [5, 5.41) is 5.65. The number of nitrogens with one attached hydrogen (secondary N) is 2. The molecule has 5 rings (SSSR count). The van der Waals surface area contributed by atoms with Crippen LogP contribution in [-0.2, 0) is 14.9 Å². The molecule has 2 aromatic carbocycles. The van der Waals surface area contributed by atoms with E-state index < -0.39 is 11.7 Å². The molecule has 1 saturated carbocycles. The van der Waals surface area contributed by atoms with E-state index in [1.165, 1.54) is 12.1 Å². The summed E-state index contributed by atoms with van der Waals surface area (Å²) in [5.41, 5.74) is 2.31. The van der Waals surface area contributed by atoms with Gasteiger partial charge in [-0.05, 0) is 61.2 Å². The Kier molecular flexibility index (Phi) is 6.93. The molecule has 39 heavy (non-hydrogen) atoms. The van der Waals surface area contributed by atoms with E-state index in [1.807, 2.05) is 19.1 Å². The Labute approximate surface area is 223 Å². The SMILES string of the molecule is C#CCOCCNC(=O)c1cccc(-c2nc(NC(=O)C3(c4ccc5c(c4)OC(F)(F)O5)CC3)ccc2C)c1. The molecular weight excluding hydrogens is 508 g/mol. The molecule has 0 bridgehead atoms. The van der Waals surface area contributed by atoms with Crippen LogP contribution in [0.3, 0.4) is 0 Å². The van der Waals surface area contributed by atoms with Crippen molar-refractivity contribution in [1.82, 2.24) is 10.3 Å². The Morgan fingerprint density at radius 3 is 2.67 bits per heavy atom. The summed E-state index contributed by atoms with van der Waals surface area (Å²) < 4.78 is 41.1. The van der Waals surface area contributed by atoms with Gasteiger partial charge in [0.25, 0.3) is 5.91 Å². The number of aromatic nitrogens is 1. The lowest BCUT2D eigenvalue weighted by Crippen LogP contribution is -2.28. The third-order valence-corrected chi connectivity index (χ3v) is 6.59. The number of anilines is 1. The van der Waals surface area contributed by atoms with E-state index in [4.69, 9.17) is 11.2 Å². The van der Waals surface area contributed by atoms with Gasteiger partial charge in [-0.3, -0.25) is 9.59 Å². The molecule has 1 aliphatic heterocycles. The number of hydrogen-bond acceptors (Lipinski definition) is 6. The number of aryl methyl sites for hydroxylation is 1. The average molecular weight is 534 g/mol. The van der Waals surface area contributed by atoms with Crippen molar-refractivity contribution in [3.8, 4) is 35.1 Å². The number of rotatable bonds is 9. The van der Waals surface area contributed by atoms with Crippen molar-refractivity contribution in [3.05, 3.63) is 71.3 Å². The van der Waals surface area contributed by atoms with Crippen molar-refractivity contribution in [2.75, 3.05) is 25.1 Å². The van der Waals surface area contributed by atoms with Crippen molar-refractivity contribution in [3.63, 3.8) is 0 Å². The highest BCUT2D eigenvalue weighted by Gasteiger charge is 2.53. The number of alkyl halides is 2. The Morgan fingerprint density at radius 2 is 1.90 bits per heavy atom. The lowest BCUT2D eigenvalue weighted by atomic mass is 9.94. The molecule has 2 amide bonds. The summed E-state index contributed by atoms with van der Waals surface area (Å²) >= 11 is 0. The standard InChI is InChI=1S/C29H25F2N3O5/c1-3-14-37-15-13-32-26(35)20-6-4-5-19(16-20)25-18(2)7-10-24(33-25)34-27(36)28(11-12-28)21-8-9-22-23(17-21)39-29(30,31)38-22/h1,4-10,16-17H,11-15H2,2H3,(H,32,35)(H,33,34,36). The molecule has 0 radical (unpaired) electrons. The molecule has 0 spiro atoms. The van der Waals surface area contributed by atoms with Crippen molar-refractivity contribution in [1.29, 1.82) is 0 Å². The molecule has 2 heterocycles. The van der Waals surface area contributed by atoms with Crippen LogP contribution in [0.15, 0.2) is 54.6 Å². The molecule has 8 nitrogen and oxygen atoms in total. The quantitative estimate of drug-likeness (QED) is 0.312. The van der Waals surface area contributed by atoms with E-state index >= 15 is 0 Å². The number of amides is 2. The lowest BCUT2D eigenvalue weighted by molar-refractivity contribution is -0.286. The first kappa shape index (κ1) is 26.1. The topological polar surface area (TPSA) is 98.8 Å². The van der Waals surface area contributed by atoms with Gasteiger partial charge in [-0.1, -0.05) is 30.2 Å². The van der Waals surface area contributed by atoms with Gasteiger partial charge in [-0.15, -0.1) is 15.2 Å². The number of ether oxygens (including phenoxy) is 3. The number of terminal acetylenes is 1. The maximum Gasteiger partial charge on any atom is 0.586 e. The fourth-order valence-corrected chi connectivity index (χ4v) is 4.42. The number of carbonyl (C=O) groups excluding carboxylic acids is 2. The molecule has 3 aromatic rings. The van der Waals surface area contributed by atoms with Gasteiger partial charge in [0, 0.05) is 17.7 Å². The second-order valence-corrected chi connectivity index (χ2v) is 9.32. The third kappa shape index (κ3) is 5.54. The van der Waals surface area contributed by atoms with Crippen LogP contribution in [0.2, 0.25) is 0 Å². The monoisotopic (exact) mass is 533 g/mol. The Bertz CT molecular complexity index is 1480. The fourth-order valence-electron chi connectivity index (χ4n) is 4.42. The predicted molar refractivity (Wildman–Crippen MR) is 139 cm³/mol. The smallest absolute Gasteiger partial charge is 0.395 e. The maximum absolute atomic E-state index is 13.4. The number of pyridine rings is 1. The van der Waals surface area contributed by atoms with Crippen LogP contribution in [0.5, 0.6) is 11.5 Å². The number of benzene rings is 2. The minimum absolute atomic E-state index is 0.0714. The first-order chi connectivity index (χ1) is 18.7.